The fraction of sp³-hybridized carbons (Fsp3) is 0.250. The van der Waals surface area contributed by atoms with Crippen molar-refractivity contribution in [2.75, 3.05) is 0 Å². The molecule has 0 aliphatic rings. The second-order valence-electron chi connectivity index (χ2n) is 1.35. The molecule has 3 heteroatoms. The molecule has 0 aromatic carbocycles. The monoisotopic (exact) mass is 138 g/mol. The zero-order valence-corrected chi connectivity index (χ0v) is 5.06. The van der Waals surface area contributed by atoms with Gasteiger partial charge in [-0.25, -0.2) is 0 Å². The molecule has 2 nitrogen and oxygen atoms in total. The third-order valence-electron chi connectivity index (χ3n) is 0.798. The molecular weight excluding hydrogens is 132 g/mol. The maximum absolute atomic E-state index is 3.69. The molecule has 7 heavy (non-hydrogen) atoms. The van der Waals surface area contributed by atoms with Crippen LogP contribution in [0.1, 0.15) is 0 Å². The Morgan fingerprint density at radius 3 is 2.71 bits per heavy atom. The number of rotatable bonds is 0. The van der Waals surface area contributed by atoms with E-state index in [0.29, 0.717) is 0 Å². The van der Waals surface area contributed by atoms with E-state index in [0.717, 1.165) is 4.32 Å². The Balaban J connectivity index is 3.39. The predicted molar refractivity (Wildman–Crippen MR) is 23.0 cm³/mol. The molecule has 1 N–H and O–H groups in total. The summed E-state index contributed by atoms with van der Waals surface area (Å²) >= 11 is 3.69. The molecule has 1 rings (SSSR count). The number of aryl methyl sites for hydroxylation is 1. The molecule has 0 fully saturated rings. The molecule has 0 aliphatic carbocycles. The van der Waals surface area contributed by atoms with Gasteiger partial charge in [-0.1, -0.05) is 0 Å². The maximum atomic E-state index is 3.69. The normalized spacial score (nSPS) is 9.43. The number of hydrogen-bond acceptors (Lipinski definition) is 0. The summed E-state index contributed by atoms with van der Waals surface area (Å²) in [5.41, 5.74) is 0. The summed E-state index contributed by atoms with van der Waals surface area (Å²) in [6, 6.07) is 0. The first-order chi connectivity index (χ1) is 3.30. The van der Waals surface area contributed by atoms with Crippen molar-refractivity contribution in [3.63, 3.8) is 0 Å². The van der Waals surface area contributed by atoms with E-state index in [1.165, 1.54) is 0 Å². The van der Waals surface area contributed by atoms with E-state index >= 15 is 0 Å². The molecule has 0 atom stereocenters. The zero-order chi connectivity index (χ0) is 5.28. The molecule has 0 aliphatic heterocycles. The summed E-state index contributed by atoms with van der Waals surface area (Å²) in [6.45, 7) is 0. The Kier molecular flexibility index (Phi) is 1.17. The van der Waals surface area contributed by atoms with Gasteiger partial charge in [-0.05, 0) is 0 Å². The predicted octanol–water partition coefficient (Wildman–Crippen LogP) is 0.432. The SMILES string of the molecule is Cn1cc[nH][c]1=[Fe]. The van der Waals surface area contributed by atoms with Crippen molar-refractivity contribution in [2.24, 2.45) is 7.05 Å². The third-order valence-corrected chi connectivity index (χ3v) is 1.35. The second-order valence-corrected chi connectivity index (χ2v) is 1.87. The first-order valence-corrected chi connectivity index (χ1v) is 2.53. The van der Waals surface area contributed by atoms with E-state index in [2.05, 4.69) is 20.6 Å². The van der Waals surface area contributed by atoms with Crippen LogP contribution in [-0.4, -0.2) is 9.55 Å². The van der Waals surface area contributed by atoms with Gasteiger partial charge in [0.2, 0.25) is 0 Å². The van der Waals surface area contributed by atoms with Crippen molar-refractivity contribution >= 4 is 0 Å². The zero-order valence-electron chi connectivity index (χ0n) is 3.96. The van der Waals surface area contributed by atoms with Crippen LogP contribution in [0.25, 0.3) is 0 Å². The van der Waals surface area contributed by atoms with Crippen LogP contribution in [0, 0.1) is 4.32 Å². The van der Waals surface area contributed by atoms with Gasteiger partial charge in [-0.15, -0.1) is 0 Å². The Bertz CT molecular complexity index is 197. The molecule has 0 spiro atoms. The van der Waals surface area contributed by atoms with Gasteiger partial charge in [0.15, 0.2) is 0 Å². The van der Waals surface area contributed by atoms with E-state index in [9.17, 15) is 0 Å². The number of aromatic amines is 1. The topological polar surface area (TPSA) is 20.7 Å². The second kappa shape index (κ2) is 1.68. The summed E-state index contributed by atoms with van der Waals surface area (Å²) in [5, 5.41) is 0. The van der Waals surface area contributed by atoms with Crippen molar-refractivity contribution in [1.82, 2.24) is 9.55 Å². The first-order valence-electron chi connectivity index (χ1n) is 1.98. The Morgan fingerprint density at radius 1 is 1.86 bits per heavy atom. The molecule has 1 aromatic rings. The summed E-state index contributed by atoms with van der Waals surface area (Å²) < 4.78 is 2.85. The van der Waals surface area contributed by atoms with Gasteiger partial charge in [0.1, 0.15) is 0 Å². The van der Waals surface area contributed by atoms with Crippen LogP contribution in [0.5, 0.6) is 0 Å². The number of nitrogens with zero attached hydrogens (tertiary/aromatic N) is 1. The van der Waals surface area contributed by atoms with E-state index in [1.54, 1.807) is 0 Å². The molecule has 1 aromatic heterocycles. The van der Waals surface area contributed by atoms with Gasteiger partial charge in [-0.2, -0.15) is 0 Å². The average Bonchev–Trinajstić information content (AvgIpc) is 1.91. The minimum absolute atomic E-state index is 0.931. The Labute approximate surface area is 49.5 Å². The summed E-state index contributed by atoms with van der Waals surface area (Å²) in [5.74, 6) is 0. The van der Waals surface area contributed by atoms with E-state index in [4.69, 9.17) is 0 Å². The van der Waals surface area contributed by atoms with Crippen LogP contribution < -0.4 is 0 Å². The van der Waals surface area contributed by atoms with Gasteiger partial charge in [0.05, 0.1) is 0 Å². The fourth-order valence-electron chi connectivity index (χ4n) is 0.381. The van der Waals surface area contributed by atoms with Crippen molar-refractivity contribution in [1.29, 1.82) is 0 Å². The van der Waals surface area contributed by atoms with Crippen LogP contribution >= 0.6 is 0 Å². The van der Waals surface area contributed by atoms with E-state index in [1.807, 2.05) is 24.0 Å². The summed E-state index contributed by atoms with van der Waals surface area (Å²) in [7, 11) is 1.94. The van der Waals surface area contributed by atoms with Gasteiger partial charge < -0.3 is 0 Å². The molecule has 40 valence electrons. The summed E-state index contributed by atoms with van der Waals surface area (Å²) in [4.78, 5) is 2.92. The van der Waals surface area contributed by atoms with Crippen LogP contribution in [0.3, 0.4) is 0 Å². The van der Waals surface area contributed by atoms with Crippen LogP contribution in [-0.2, 0) is 22.6 Å². The quantitative estimate of drug-likeness (QED) is 0.502. The van der Waals surface area contributed by atoms with Gasteiger partial charge in [-0.3, -0.25) is 0 Å². The fourth-order valence-corrected chi connectivity index (χ4v) is 0.556. The number of nitrogens with one attached hydrogen (secondary N) is 1. The van der Waals surface area contributed by atoms with E-state index in [-0.39, 0.29) is 0 Å². The van der Waals surface area contributed by atoms with Crippen molar-refractivity contribution in [2.45, 2.75) is 0 Å². The number of aromatic nitrogens is 2. The van der Waals surface area contributed by atoms with Gasteiger partial charge in [0.25, 0.3) is 0 Å². The van der Waals surface area contributed by atoms with Gasteiger partial charge >= 0.3 is 48.9 Å². The Morgan fingerprint density at radius 2 is 2.57 bits per heavy atom. The van der Waals surface area contributed by atoms with Crippen LogP contribution in [0.4, 0.5) is 0 Å². The summed E-state index contributed by atoms with van der Waals surface area (Å²) in [6.07, 6.45) is 3.77. The average molecular weight is 138 g/mol. The molecule has 0 unspecified atom stereocenters. The standard InChI is InChI=1S/C4H6N2.Fe/c1-6-3-2-5-4-6;/h2-3,5H,1H3;. The first kappa shape index (κ1) is 4.88. The van der Waals surface area contributed by atoms with Gasteiger partial charge in [0, 0.05) is 0 Å². The Hall–Kier alpha value is -0.271. The molecule has 0 saturated heterocycles. The molecule has 0 saturated carbocycles. The minimum atomic E-state index is 0.931. The molecular formula is C4H6FeN2. The van der Waals surface area contributed by atoms with Crippen molar-refractivity contribution in [3.05, 3.63) is 16.7 Å². The van der Waals surface area contributed by atoms with Crippen molar-refractivity contribution in [3.8, 4) is 0 Å². The number of imidazole rings is 1. The molecule has 0 bridgehead atoms. The molecule has 0 amide bonds. The third kappa shape index (κ3) is 0.842. The molecule has 1 heterocycles. The van der Waals surface area contributed by atoms with Crippen LogP contribution in [0.2, 0.25) is 0 Å². The van der Waals surface area contributed by atoms with Crippen molar-refractivity contribution < 1.29 is 15.6 Å². The van der Waals surface area contributed by atoms with Crippen LogP contribution in [0.15, 0.2) is 12.4 Å². The van der Waals surface area contributed by atoms with E-state index < -0.39 is 0 Å². The number of hydrogen-bond donors (Lipinski definition) is 1. The number of H-pyrrole nitrogens is 1. The molecule has 0 radical (unpaired) electrons.